The minimum absolute atomic E-state index is 0.509. The first-order valence-electron chi connectivity index (χ1n) is 7.23. The van der Waals surface area contributed by atoms with Crippen LogP contribution in [0.25, 0.3) is 0 Å². The predicted octanol–water partition coefficient (Wildman–Crippen LogP) is 4.65. The molecule has 1 aromatic rings. The molecule has 3 rings (SSSR count). The van der Waals surface area contributed by atoms with E-state index in [0.717, 1.165) is 10.4 Å². The molecule has 0 unspecified atom stereocenters. The van der Waals surface area contributed by atoms with Crippen molar-refractivity contribution in [1.82, 2.24) is 5.32 Å². The topological polar surface area (TPSA) is 12.0 Å². The smallest absolute Gasteiger partial charge is 0.0931 e. The highest BCUT2D eigenvalue weighted by Gasteiger charge is 2.34. The maximum absolute atomic E-state index is 6.06. The van der Waals surface area contributed by atoms with E-state index in [4.69, 9.17) is 11.6 Å². The molecule has 0 radical (unpaired) electrons. The maximum atomic E-state index is 6.06. The molecule has 2 aliphatic carbocycles. The summed E-state index contributed by atoms with van der Waals surface area (Å²) in [5, 5.41) is 3.77. The summed E-state index contributed by atoms with van der Waals surface area (Å²) in [6.45, 7) is 1.22. The molecule has 18 heavy (non-hydrogen) atoms. The van der Waals surface area contributed by atoms with E-state index in [9.17, 15) is 0 Å². The quantitative estimate of drug-likeness (QED) is 0.830. The molecule has 2 fully saturated rings. The van der Waals surface area contributed by atoms with E-state index >= 15 is 0 Å². The first-order chi connectivity index (χ1) is 8.76. The number of nitrogens with one attached hydrogen (secondary N) is 1. The van der Waals surface area contributed by atoms with Gasteiger partial charge in [0.15, 0.2) is 0 Å². The third-order valence-corrected chi connectivity index (χ3v) is 5.67. The van der Waals surface area contributed by atoms with E-state index < -0.39 is 0 Å². The van der Waals surface area contributed by atoms with Crippen molar-refractivity contribution >= 4 is 22.9 Å². The van der Waals surface area contributed by atoms with Gasteiger partial charge in [-0.05, 0) is 49.7 Å². The minimum Gasteiger partial charge on any atom is -0.313 e. The van der Waals surface area contributed by atoms with E-state index in [0.29, 0.717) is 5.41 Å². The Morgan fingerprint density at radius 1 is 1.22 bits per heavy atom. The lowest BCUT2D eigenvalue weighted by Crippen LogP contribution is -2.38. The molecular weight excluding hydrogens is 262 g/mol. The zero-order chi connectivity index (χ0) is 12.4. The molecule has 0 bridgehead atoms. The molecule has 0 amide bonds. The largest absolute Gasteiger partial charge is 0.313 e. The van der Waals surface area contributed by atoms with Gasteiger partial charge in [-0.3, -0.25) is 0 Å². The number of halogens is 1. The van der Waals surface area contributed by atoms with Gasteiger partial charge in [0.2, 0.25) is 0 Å². The summed E-state index contributed by atoms with van der Waals surface area (Å²) < 4.78 is 0.936. The Hall–Kier alpha value is -0.0500. The summed E-state index contributed by atoms with van der Waals surface area (Å²) in [6, 6.07) is 5.10. The van der Waals surface area contributed by atoms with E-state index in [1.54, 1.807) is 11.3 Å². The van der Waals surface area contributed by atoms with Crippen LogP contribution in [-0.4, -0.2) is 12.6 Å². The van der Waals surface area contributed by atoms with Crippen molar-refractivity contribution < 1.29 is 0 Å². The lowest BCUT2D eigenvalue weighted by Gasteiger charge is -2.37. The fourth-order valence-electron chi connectivity index (χ4n) is 3.18. The lowest BCUT2D eigenvalue weighted by molar-refractivity contribution is 0.181. The summed E-state index contributed by atoms with van der Waals surface area (Å²) >= 11 is 7.83. The summed E-state index contributed by atoms with van der Waals surface area (Å²) in [5.74, 6) is 0. The van der Waals surface area contributed by atoms with Crippen molar-refractivity contribution in [2.45, 2.75) is 57.4 Å². The Morgan fingerprint density at radius 2 is 2.00 bits per heavy atom. The normalized spacial score (nSPS) is 23.2. The summed E-state index contributed by atoms with van der Waals surface area (Å²) in [7, 11) is 0. The highest BCUT2D eigenvalue weighted by atomic mass is 35.5. The van der Waals surface area contributed by atoms with E-state index in [2.05, 4.69) is 11.4 Å². The molecule has 0 spiro atoms. The molecule has 3 heteroatoms. The van der Waals surface area contributed by atoms with Crippen molar-refractivity contribution in [3.8, 4) is 0 Å². The molecular formula is C15H22ClNS. The van der Waals surface area contributed by atoms with E-state index in [1.807, 2.05) is 6.07 Å². The van der Waals surface area contributed by atoms with Crippen molar-refractivity contribution in [3.05, 3.63) is 21.3 Å². The molecule has 2 saturated carbocycles. The van der Waals surface area contributed by atoms with Crippen LogP contribution in [0.3, 0.4) is 0 Å². The average molecular weight is 284 g/mol. The summed E-state index contributed by atoms with van der Waals surface area (Å²) in [6.07, 6.45) is 11.0. The zero-order valence-corrected chi connectivity index (χ0v) is 12.5. The monoisotopic (exact) mass is 283 g/mol. The fraction of sp³-hybridized carbons (Fsp3) is 0.733. The van der Waals surface area contributed by atoms with Gasteiger partial charge in [0.25, 0.3) is 0 Å². The Labute approximate surface area is 119 Å². The van der Waals surface area contributed by atoms with Gasteiger partial charge in [0.1, 0.15) is 0 Å². The fourth-order valence-corrected chi connectivity index (χ4v) is 4.44. The first-order valence-corrected chi connectivity index (χ1v) is 8.43. The van der Waals surface area contributed by atoms with Crippen LogP contribution in [0.2, 0.25) is 4.34 Å². The van der Waals surface area contributed by atoms with Gasteiger partial charge in [0, 0.05) is 17.5 Å². The second kappa shape index (κ2) is 5.52. The third-order valence-electron chi connectivity index (χ3n) is 4.44. The highest BCUT2D eigenvalue weighted by molar-refractivity contribution is 7.16. The molecule has 1 N–H and O–H groups in total. The average Bonchev–Trinajstić information content (AvgIpc) is 3.12. The minimum atomic E-state index is 0.509. The Balaban J connectivity index is 1.66. The van der Waals surface area contributed by atoms with Gasteiger partial charge in [-0.1, -0.05) is 30.9 Å². The predicted molar refractivity (Wildman–Crippen MR) is 79.6 cm³/mol. The molecule has 0 aromatic carbocycles. The van der Waals surface area contributed by atoms with Gasteiger partial charge in [-0.25, -0.2) is 0 Å². The lowest BCUT2D eigenvalue weighted by atomic mass is 9.71. The number of hydrogen-bond acceptors (Lipinski definition) is 2. The Bertz CT molecular complexity index is 391. The molecule has 2 aliphatic rings. The number of hydrogen-bond donors (Lipinski definition) is 1. The van der Waals surface area contributed by atoms with Crippen LogP contribution < -0.4 is 5.32 Å². The van der Waals surface area contributed by atoms with Crippen molar-refractivity contribution in [2.75, 3.05) is 6.54 Å². The summed E-state index contributed by atoms with van der Waals surface area (Å²) in [4.78, 5) is 1.47. The van der Waals surface area contributed by atoms with Crippen LogP contribution >= 0.6 is 22.9 Å². The molecule has 1 heterocycles. The van der Waals surface area contributed by atoms with E-state index in [-0.39, 0.29) is 0 Å². The third kappa shape index (κ3) is 3.28. The maximum Gasteiger partial charge on any atom is 0.0931 e. The van der Waals surface area contributed by atoms with Gasteiger partial charge in [0.05, 0.1) is 4.34 Å². The van der Waals surface area contributed by atoms with Gasteiger partial charge >= 0.3 is 0 Å². The molecule has 0 aliphatic heterocycles. The molecule has 100 valence electrons. The number of rotatable bonds is 5. The first kappa shape index (κ1) is 13.0. The van der Waals surface area contributed by atoms with Crippen molar-refractivity contribution in [1.29, 1.82) is 0 Å². The van der Waals surface area contributed by atoms with Gasteiger partial charge < -0.3 is 5.32 Å². The van der Waals surface area contributed by atoms with Crippen LogP contribution in [0.15, 0.2) is 12.1 Å². The van der Waals surface area contributed by atoms with Crippen molar-refractivity contribution in [2.24, 2.45) is 5.41 Å². The van der Waals surface area contributed by atoms with Crippen LogP contribution in [0.5, 0.6) is 0 Å². The molecule has 1 aromatic heterocycles. The second-order valence-corrected chi connectivity index (χ2v) is 7.90. The zero-order valence-electron chi connectivity index (χ0n) is 10.9. The van der Waals surface area contributed by atoms with Crippen LogP contribution in [-0.2, 0) is 6.42 Å². The molecule has 0 atom stereocenters. The SMILES string of the molecule is Clc1ccc(CC2(CNC3CC3)CCCCC2)s1. The van der Waals surface area contributed by atoms with Gasteiger partial charge in [-0.2, -0.15) is 0 Å². The Morgan fingerprint density at radius 3 is 2.61 bits per heavy atom. The Kier molecular flexibility index (Phi) is 3.97. The number of thiophene rings is 1. The van der Waals surface area contributed by atoms with Crippen LogP contribution in [0.4, 0.5) is 0 Å². The van der Waals surface area contributed by atoms with Crippen LogP contribution in [0.1, 0.15) is 49.8 Å². The van der Waals surface area contributed by atoms with E-state index in [1.165, 1.54) is 62.8 Å². The standard InChI is InChI=1S/C15H22ClNS/c16-14-7-6-13(18-14)10-15(8-2-1-3-9-15)11-17-12-4-5-12/h6-7,12,17H,1-5,8-11H2. The molecule has 1 nitrogen and oxygen atoms in total. The van der Waals surface area contributed by atoms with Crippen molar-refractivity contribution in [3.63, 3.8) is 0 Å². The highest BCUT2D eigenvalue weighted by Crippen LogP contribution is 2.41. The summed E-state index contributed by atoms with van der Waals surface area (Å²) in [5.41, 5.74) is 0.509. The van der Waals surface area contributed by atoms with Crippen LogP contribution in [0, 0.1) is 5.41 Å². The molecule has 0 saturated heterocycles. The second-order valence-electron chi connectivity index (χ2n) is 6.10. The van der Waals surface area contributed by atoms with Gasteiger partial charge in [-0.15, -0.1) is 11.3 Å².